The number of para-hydroxylation sites is 2. The Morgan fingerprint density at radius 1 is 0.432 bits per heavy atom. The molecule has 4 aromatic rings. The summed E-state index contributed by atoms with van der Waals surface area (Å²) in [5.41, 5.74) is 7.38. The van der Waals surface area contributed by atoms with Gasteiger partial charge in [-0.15, -0.1) is 0 Å². The van der Waals surface area contributed by atoms with Crippen molar-refractivity contribution < 1.29 is 19.7 Å². The topological polar surface area (TPSA) is 58.9 Å². The van der Waals surface area contributed by atoms with Gasteiger partial charge in [0.05, 0.1) is 0 Å². The third kappa shape index (κ3) is 10.2. The monoisotopic (exact) mass is 600 g/mol. The van der Waals surface area contributed by atoms with E-state index in [0.717, 1.165) is 22.6 Å². The minimum atomic E-state index is -0.718. The Morgan fingerprint density at radius 2 is 0.705 bits per heavy atom. The van der Waals surface area contributed by atoms with E-state index in [2.05, 4.69) is 50.2 Å². The highest BCUT2D eigenvalue weighted by Gasteiger charge is 2.29. The molecule has 44 heavy (non-hydrogen) atoms. The van der Waals surface area contributed by atoms with Crippen molar-refractivity contribution in [1.29, 1.82) is 0 Å². The Balaban J connectivity index is 0.000000359. The number of hydrogen-bond acceptors (Lipinski definition) is 4. The van der Waals surface area contributed by atoms with Crippen LogP contribution < -0.4 is 9.47 Å². The van der Waals surface area contributed by atoms with Crippen molar-refractivity contribution in [3.63, 3.8) is 0 Å². The molecule has 4 heteroatoms. The lowest BCUT2D eigenvalue weighted by atomic mass is 9.84. The number of aliphatic hydroxyl groups is 2. The van der Waals surface area contributed by atoms with Crippen LogP contribution in [0.4, 0.5) is 0 Å². The molecule has 4 nitrogen and oxygen atoms in total. The predicted octanol–water partition coefficient (Wildman–Crippen LogP) is 10.6. The third-order valence-electron chi connectivity index (χ3n) is 7.12. The quantitative estimate of drug-likeness (QED) is 0.240. The van der Waals surface area contributed by atoms with Crippen LogP contribution in [0.15, 0.2) is 97.1 Å². The summed E-state index contributed by atoms with van der Waals surface area (Å²) in [7, 11) is 0. The van der Waals surface area contributed by atoms with Crippen LogP contribution in [0, 0.1) is 13.8 Å². The summed E-state index contributed by atoms with van der Waals surface area (Å²) in [4.78, 5) is 0. The molecule has 0 aliphatic carbocycles. The van der Waals surface area contributed by atoms with Crippen molar-refractivity contribution in [3.05, 3.63) is 130 Å². The first-order valence-corrected chi connectivity index (χ1v) is 16.5. The first kappa shape index (κ1) is 38.4. The predicted molar refractivity (Wildman–Crippen MR) is 187 cm³/mol. The summed E-state index contributed by atoms with van der Waals surface area (Å²) >= 11 is 0. The summed E-state index contributed by atoms with van der Waals surface area (Å²) < 4.78 is 11.0. The number of hydrogen-bond donors (Lipinski definition) is 2. The van der Waals surface area contributed by atoms with Gasteiger partial charge in [-0.1, -0.05) is 140 Å². The largest absolute Gasteiger partial charge is 0.465 e. The number of benzene rings is 4. The fourth-order valence-corrected chi connectivity index (χ4v) is 5.34. The van der Waals surface area contributed by atoms with Gasteiger partial charge in [0.1, 0.15) is 11.5 Å². The molecule has 6 rings (SSSR count). The molecule has 0 aromatic heterocycles. The van der Waals surface area contributed by atoms with E-state index in [-0.39, 0.29) is 11.8 Å². The van der Waals surface area contributed by atoms with Crippen LogP contribution in [0.3, 0.4) is 0 Å². The van der Waals surface area contributed by atoms with Gasteiger partial charge in [0, 0.05) is 35.8 Å². The number of aliphatic hydroxyl groups excluding tert-OH is 2. The van der Waals surface area contributed by atoms with E-state index in [1.165, 1.54) is 22.3 Å². The second kappa shape index (κ2) is 21.2. The molecule has 240 valence electrons. The lowest BCUT2D eigenvalue weighted by Crippen LogP contribution is -2.25. The van der Waals surface area contributed by atoms with Crippen molar-refractivity contribution in [2.24, 2.45) is 0 Å². The van der Waals surface area contributed by atoms with Crippen LogP contribution in [0.25, 0.3) is 0 Å². The van der Waals surface area contributed by atoms with Crippen LogP contribution in [-0.2, 0) is 0 Å². The van der Waals surface area contributed by atoms with Gasteiger partial charge in [-0.25, -0.2) is 0 Å². The maximum absolute atomic E-state index is 9.86. The van der Waals surface area contributed by atoms with Crippen molar-refractivity contribution >= 4 is 0 Å². The van der Waals surface area contributed by atoms with E-state index < -0.39 is 12.6 Å². The summed E-state index contributed by atoms with van der Waals surface area (Å²) in [6, 6.07) is 32.6. The van der Waals surface area contributed by atoms with Crippen LogP contribution in [0.2, 0.25) is 0 Å². The fraction of sp³-hybridized carbons (Fsp3) is 0.400. The molecule has 0 amide bonds. The minimum absolute atomic E-state index is 0.214. The van der Waals surface area contributed by atoms with E-state index in [1.807, 2.05) is 116 Å². The average molecular weight is 601 g/mol. The lowest BCUT2D eigenvalue weighted by Gasteiger charge is -2.30. The standard InChI is InChI=1S/2C16H16O2.4C2H6/c2*1-11-6-2-3-7-12(11)14-10-16(17)18-15-9-5-4-8-13(14)15;4*1-2/h2*2-9,14,16-17H,10H2,1H3;4*1-2H3/t2*14-,16?;;;;/m10..../s1. The Morgan fingerprint density at radius 3 is 1.02 bits per heavy atom. The first-order chi connectivity index (χ1) is 21.5. The van der Waals surface area contributed by atoms with E-state index in [4.69, 9.17) is 9.47 Å². The van der Waals surface area contributed by atoms with Gasteiger partial charge < -0.3 is 19.7 Å². The lowest BCUT2D eigenvalue weighted by molar-refractivity contribution is -0.0364. The molecule has 2 heterocycles. The Kier molecular flexibility index (Phi) is 18.5. The Hall–Kier alpha value is -3.60. The number of aryl methyl sites for hydroxylation is 2. The average Bonchev–Trinajstić information content (AvgIpc) is 3.08. The molecule has 0 fully saturated rings. The molecule has 2 aliphatic heterocycles. The highest BCUT2D eigenvalue weighted by Crippen LogP contribution is 2.41. The number of rotatable bonds is 2. The van der Waals surface area contributed by atoms with Crippen molar-refractivity contribution in [1.82, 2.24) is 0 Å². The SMILES string of the molecule is CC.CC.CC.CC.Cc1ccccc1[C@@H]1CC(O)Oc2ccccc21.Cc1ccccc1[C@H]1CC(O)Oc2ccccc21. The number of fused-ring (bicyclic) bond motifs is 2. The maximum atomic E-state index is 9.86. The molecule has 0 spiro atoms. The highest BCUT2D eigenvalue weighted by atomic mass is 16.6. The molecule has 0 saturated carbocycles. The molecule has 0 saturated heterocycles. The number of ether oxygens (including phenoxy) is 2. The smallest absolute Gasteiger partial charge is 0.198 e. The minimum Gasteiger partial charge on any atom is -0.465 e. The molecule has 4 aromatic carbocycles. The van der Waals surface area contributed by atoms with Crippen molar-refractivity contribution in [2.45, 2.75) is 106 Å². The van der Waals surface area contributed by atoms with Gasteiger partial charge in [-0.3, -0.25) is 0 Å². The summed E-state index contributed by atoms with van der Waals surface area (Å²) in [6.07, 6.45) is -0.210. The van der Waals surface area contributed by atoms with Crippen LogP contribution in [-0.4, -0.2) is 22.8 Å². The third-order valence-corrected chi connectivity index (χ3v) is 7.12. The Bertz CT molecular complexity index is 1230. The summed E-state index contributed by atoms with van der Waals surface area (Å²) in [5, 5.41) is 19.7. The summed E-state index contributed by atoms with van der Waals surface area (Å²) in [5.74, 6) is 2.02. The molecular formula is C40H56O4. The van der Waals surface area contributed by atoms with Gasteiger partial charge >= 0.3 is 0 Å². The zero-order valence-electron chi connectivity index (χ0n) is 28.7. The van der Waals surface area contributed by atoms with Crippen LogP contribution >= 0.6 is 0 Å². The highest BCUT2D eigenvalue weighted by molar-refractivity contribution is 5.47. The summed E-state index contributed by atoms with van der Waals surface area (Å²) in [6.45, 7) is 20.2. The van der Waals surface area contributed by atoms with Crippen LogP contribution in [0.5, 0.6) is 11.5 Å². The second-order valence-electron chi connectivity index (χ2n) is 9.51. The second-order valence-corrected chi connectivity index (χ2v) is 9.51. The van der Waals surface area contributed by atoms with E-state index in [0.29, 0.717) is 12.8 Å². The molecule has 0 radical (unpaired) electrons. The van der Waals surface area contributed by atoms with Gasteiger partial charge in [-0.05, 0) is 48.2 Å². The van der Waals surface area contributed by atoms with E-state index in [1.54, 1.807) is 0 Å². The molecule has 2 N–H and O–H groups in total. The van der Waals surface area contributed by atoms with E-state index >= 15 is 0 Å². The fourth-order valence-electron chi connectivity index (χ4n) is 5.34. The van der Waals surface area contributed by atoms with Gasteiger partial charge in [0.2, 0.25) is 0 Å². The molecule has 2 unspecified atom stereocenters. The van der Waals surface area contributed by atoms with Crippen molar-refractivity contribution in [3.8, 4) is 11.5 Å². The molecular weight excluding hydrogens is 544 g/mol. The Labute approximate surface area is 267 Å². The van der Waals surface area contributed by atoms with Gasteiger partial charge in [0.25, 0.3) is 0 Å². The first-order valence-electron chi connectivity index (χ1n) is 16.5. The molecule has 0 bridgehead atoms. The van der Waals surface area contributed by atoms with Gasteiger partial charge in [-0.2, -0.15) is 0 Å². The van der Waals surface area contributed by atoms with Crippen molar-refractivity contribution in [2.75, 3.05) is 0 Å². The zero-order valence-corrected chi connectivity index (χ0v) is 28.7. The van der Waals surface area contributed by atoms with Crippen LogP contribution in [0.1, 0.15) is 113 Å². The molecule has 4 atom stereocenters. The normalized spacial score (nSPS) is 18.6. The van der Waals surface area contributed by atoms with Gasteiger partial charge in [0.15, 0.2) is 12.6 Å². The molecule has 2 aliphatic rings. The van der Waals surface area contributed by atoms with E-state index in [9.17, 15) is 10.2 Å². The maximum Gasteiger partial charge on any atom is 0.198 e. The zero-order chi connectivity index (χ0) is 33.1.